The predicted octanol–water partition coefficient (Wildman–Crippen LogP) is 3.16. The summed E-state index contributed by atoms with van der Waals surface area (Å²) in [5, 5.41) is 9.44. The van der Waals surface area contributed by atoms with Gasteiger partial charge in [-0.25, -0.2) is 0 Å². The molecule has 30 heavy (non-hydrogen) atoms. The van der Waals surface area contributed by atoms with E-state index in [0.717, 1.165) is 23.5 Å². The summed E-state index contributed by atoms with van der Waals surface area (Å²) in [4.78, 5) is 16.3. The van der Waals surface area contributed by atoms with E-state index in [1.807, 2.05) is 30.3 Å². The SMILES string of the molecule is CN=C(NCCC(=O)NCc1ccccc1)NCc1ccc(C)cc1OCC1CC1. The zero-order valence-electron chi connectivity index (χ0n) is 17.9. The molecule has 1 saturated carbocycles. The van der Waals surface area contributed by atoms with Gasteiger partial charge in [0.05, 0.1) is 6.61 Å². The second-order valence-electron chi connectivity index (χ2n) is 7.73. The molecule has 0 radical (unpaired) electrons. The van der Waals surface area contributed by atoms with Crippen LogP contribution in [0.15, 0.2) is 53.5 Å². The highest BCUT2D eigenvalue weighted by atomic mass is 16.5. The topological polar surface area (TPSA) is 74.8 Å². The van der Waals surface area contributed by atoms with Crippen molar-refractivity contribution in [2.75, 3.05) is 20.2 Å². The van der Waals surface area contributed by atoms with Crippen molar-refractivity contribution < 1.29 is 9.53 Å². The normalized spacial score (nSPS) is 13.6. The molecule has 6 heteroatoms. The van der Waals surface area contributed by atoms with Gasteiger partial charge in [0.15, 0.2) is 5.96 Å². The molecule has 2 aromatic rings. The first-order chi connectivity index (χ1) is 14.6. The zero-order valence-corrected chi connectivity index (χ0v) is 17.9. The maximum Gasteiger partial charge on any atom is 0.222 e. The van der Waals surface area contributed by atoms with Crippen molar-refractivity contribution in [2.45, 2.75) is 39.3 Å². The molecule has 3 N–H and O–H groups in total. The lowest BCUT2D eigenvalue weighted by Gasteiger charge is -2.15. The monoisotopic (exact) mass is 408 g/mol. The van der Waals surface area contributed by atoms with Crippen molar-refractivity contribution in [3.8, 4) is 5.75 Å². The van der Waals surface area contributed by atoms with E-state index in [9.17, 15) is 4.79 Å². The minimum absolute atomic E-state index is 0.0103. The summed E-state index contributed by atoms with van der Waals surface area (Å²) in [6.07, 6.45) is 2.93. The lowest BCUT2D eigenvalue weighted by Crippen LogP contribution is -2.39. The lowest BCUT2D eigenvalue weighted by atomic mass is 10.1. The molecule has 0 unspecified atom stereocenters. The Morgan fingerprint density at radius 3 is 2.60 bits per heavy atom. The fourth-order valence-corrected chi connectivity index (χ4v) is 3.01. The molecule has 1 aliphatic rings. The van der Waals surface area contributed by atoms with E-state index in [1.165, 1.54) is 18.4 Å². The maximum atomic E-state index is 12.0. The molecule has 3 rings (SSSR count). The number of hydrogen-bond donors (Lipinski definition) is 3. The van der Waals surface area contributed by atoms with Crippen LogP contribution in [0.5, 0.6) is 5.75 Å². The number of hydrogen-bond acceptors (Lipinski definition) is 3. The zero-order chi connectivity index (χ0) is 21.2. The number of aryl methyl sites for hydroxylation is 1. The van der Waals surface area contributed by atoms with Crippen LogP contribution in [0.1, 0.15) is 36.0 Å². The molecule has 160 valence electrons. The lowest BCUT2D eigenvalue weighted by molar-refractivity contribution is -0.121. The van der Waals surface area contributed by atoms with Gasteiger partial charge in [0.1, 0.15) is 5.75 Å². The number of amides is 1. The van der Waals surface area contributed by atoms with Gasteiger partial charge in [0, 0.05) is 38.7 Å². The van der Waals surface area contributed by atoms with Gasteiger partial charge < -0.3 is 20.7 Å². The Balaban J connectivity index is 1.39. The van der Waals surface area contributed by atoms with Gasteiger partial charge >= 0.3 is 0 Å². The summed E-state index contributed by atoms with van der Waals surface area (Å²) in [6, 6.07) is 16.2. The van der Waals surface area contributed by atoms with Crippen molar-refractivity contribution in [3.05, 3.63) is 65.2 Å². The molecule has 0 bridgehead atoms. The van der Waals surface area contributed by atoms with Crippen molar-refractivity contribution in [1.29, 1.82) is 0 Å². The van der Waals surface area contributed by atoms with Crippen LogP contribution >= 0.6 is 0 Å². The van der Waals surface area contributed by atoms with E-state index >= 15 is 0 Å². The highest BCUT2D eigenvalue weighted by Gasteiger charge is 2.22. The average Bonchev–Trinajstić information content (AvgIpc) is 3.59. The first kappa shape index (κ1) is 21.7. The summed E-state index contributed by atoms with van der Waals surface area (Å²) in [5.41, 5.74) is 3.38. The van der Waals surface area contributed by atoms with Crippen molar-refractivity contribution in [1.82, 2.24) is 16.0 Å². The number of carbonyl (C=O) groups excluding carboxylic acids is 1. The van der Waals surface area contributed by atoms with Gasteiger partial charge in [-0.05, 0) is 42.9 Å². The molecule has 0 atom stereocenters. The van der Waals surface area contributed by atoms with E-state index in [4.69, 9.17) is 4.74 Å². The third-order valence-electron chi connectivity index (χ3n) is 5.04. The highest BCUT2D eigenvalue weighted by Crippen LogP contribution is 2.30. The molecule has 0 aromatic heterocycles. The number of aliphatic imine (C=N–C) groups is 1. The smallest absolute Gasteiger partial charge is 0.222 e. The Labute approximate surface area is 179 Å². The van der Waals surface area contributed by atoms with Gasteiger partial charge in [-0.15, -0.1) is 0 Å². The van der Waals surface area contributed by atoms with Crippen LogP contribution in [0.2, 0.25) is 0 Å². The van der Waals surface area contributed by atoms with Gasteiger partial charge in [0.25, 0.3) is 0 Å². The Morgan fingerprint density at radius 2 is 1.87 bits per heavy atom. The van der Waals surface area contributed by atoms with E-state index in [-0.39, 0.29) is 5.91 Å². The minimum atomic E-state index is 0.0103. The molecule has 1 amide bonds. The molecule has 1 fully saturated rings. The maximum absolute atomic E-state index is 12.0. The highest BCUT2D eigenvalue weighted by molar-refractivity contribution is 5.81. The van der Waals surface area contributed by atoms with Gasteiger partial charge in [-0.2, -0.15) is 0 Å². The third-order valence-corrected chi connectivity index (χ3v) is 5.04. The summed E-state index contributed by atoms with van der Waals surface area (Å²) in [5.74, 6) is 2.33. The molecule has 0 aliphatic heterocycles. The predicted molar refractivity (Wildman–Crippen MR) is 121 cm³/mol. The second kappa shape index (κ2) is 11.2. The van der Waals surface area contributed by atoms with E-state index in [1.54, 1.807) is 7.05 Å². The molecular weight excluding hydrogens is 376 g/mol. The Hall–Kier alpha value is -3.02. The summed E-state index contributed by atoms with van der Waals surface area (Å²) < 4.78 is 6.03. The average molecular weight is 409 g/mol. The summed E-state index contributed by atoms with van der Waals surface area (Å²) in [7, 11) is 1.73. The molecule has 0 spiro atoms. The molecule has 1 aliphatic carbocycles. The standard InChI is InChI=1S/C24H32N4O2/c1-18-8-11-21(22(14-18)30-17-20-9-10-20)16-28-24(25-2)26-13-12-23(29)27-15-19-6-4-3-5-7-19/h3-8,11,14,20H,9-10,12-13,15-17H2,1-2H3,(H,27,29)(H2,25,26,28). The van der Waals surface area contributed by atoms with E-state index in [0.29, 0.717) is 37.9 Å². The first-order valence-corrected chi connectivity index (χ1v) is 10.6. The number of nitrogens with one attached hydrogen (secondary N) is 3. The number of nitrogens with zero attached hydrogens (tertiary/aromatic N) is 1. The Kier molecular flexibility index (Phi) is 8.12. The minimum Gasteiger partial charge on any atom is -0.493 e. The fraction of sp³-hybridized carbons (Fsp3) is 0.417. The van der Waals surface area contributed by atoms with Crippen LogP contribution in [0, 0.1) is 12.8 Å². The number of guanidine groups is 1. The van der Waals surface area contributed by atoms with Crippen molar-refractivity contribution in [3.63, 3.8) is 0 Å². The summed E-state index contributed by atoms with van der Waals surface area (Å²) >= 11 is 0. The van der Waals surface area contributed by atoms with Gasteiger partial charge in [-0.3, -0.25) is 9.79 Å². The van der Waals surface area contributed by atoms with Crippen LogP contribution in [-0.2, 0) is 17.9 Å². The van der Waals surface area contributed by atoms with Crippen LogP contribution < -0.4 is 20.7 Å². The van der Waals surface area contributed by atoms with Crippen molar-refractivity contribution in [2.24, 2.45) is 10.9 Å². The van der Waals surface area contributed by atoms with Crippen LogP contribution in [0.25, 0.3) is 0 Å². The number of benzene rings is 2. The molecule has 0 heterocycles. The second-order valence-corrected chi connectivity index (χ2v) is 7.73. The van der Waals surface area contributed by atoms with Gasteiger partial charge in [0.2, 0.25) is 5.91 Å². The van der Waals surface area contributed by atoms with Crippen LogP contribution in [-0.4, -0.2) is 32.1 Å². The van der Waals surface area contributed by atoms with Crippen molar-refractivity contribution >= 4 is 11.9 Å². The fourth-order valence-electron chi connectivity index (χ4n) is 3.01. The largest absolute Gasteiger partial charge is 0.493 e. The van der Waals surface area contributed by atoms with Crippen LogP contribution in [0.4, 0.5) is 0 Å². The number of rotatable bonds is 10. The molecule has 0 saturated heterocycles. The Bertz CT molecular complexity index is 848. The third kappa shape index (κ3) is 7.43. The van der Waals surface area contributed by atoms with Crippen LogP contribution in [0.3, 0.4) is 0 Å². The Morgan fingerprint density at radius 1 is 1.07 bits per heavy atom. The molecule has 6 nitrogen and oxygen atoms in total. The quantitative estimate of drug-likeness (QED) is 0.417. The first-order valence-electron chi connectivity index (χ1n) is 10.6. The van der Waals surface area contributed by atoms with E-state index < -0.39 is 0 Å². The van der Waals surface area contributed by atoms with Gasteiger partial charge in [-0.1, -0.05) is 42.5 Å². The molecular formula is C24H32N4O2. The van der Waals surface area contributed by atoms with E-state index in [2.05, 4.69) is 46.1 Å². The summed E-state index contributed by atoms with van der Waals surface area (Å²) in [6.45, 7) is 4.54. The molecule has 2 aromatic carbocycles. The number of carbonyl (C=O) groups is 1. The number of ether oxygens (including phenoxy) is 1.